The van der Waals surface area contributed by atoms with E-state index in [0.29, 0.717) is 12.5 Å². The Balaban J connectivity index is 1.87. The molecule has 3 aromatic rings. The van der Waals surface area contributed by atoms with Crippen molar-refractivity contribution in [2.75, 3.05) is 17.2 Å². The quantitative estimate of drug-likeness (QED) is 0.750. The molecular weight excluding hydrogens is 272 g/mol. The molecule has 0 radical (unpaired) electrons. The van der Waals surface area contributed by atoms with Crippen LogP contribution in [0.4, 0.5) is 11.8 Å². The van der Waals surface area contributed by atoms with Crippen LogP contribution < -0.4 is 10.6 Å². The molecule has 0 aliphatic heterocycles. The lowest BCUT2D eigenvalue weighted by atomic mass is 10.3. The van der Waals surface area contributed by atoms with Gasteiger partial charge in [0.15, 0.2) is 0 Å². The molecule has 0 amide bonds. The fraction of sp³-hybridized carbons (Fsp3) is 0.231. The zero-order valence-electron chi connectivity index (χ0n) is 11.0. The summed E-state index contributed by atoms with van der Waals surface area (Å²) in [4.78, 5) is 18.1. The molecule has 0 aliphatic carbocycles. The Morgan fingerprint density at radius 3 is 2.95 bits per heavy atom. The first-order valence-corrected chi connectivity index (χ1v) is 7.22. The van der Waals surface area contributed by atoms with Gasteiger partial charge in [0.1, 0.15) is 17.0 Å². The molecule has 0 saturated carbocycles. The minimum atomic E-state index is 0.607. The van der Waals surface area contributed by atoms with Crippen LogP contribution in [0, 0.1) is 0 Å². The summed E-state index contributed by atoms with van der Waals surface area (Å²) in [7, 11) is 0. The van der Waals surface area contributed by atoms with Gasteiger partial charge >= 0.3 is 0 Å². The van der Waals surface area contributed by atoms with E-state index in [-0.39, 0.29) is 0 Å². The SMILES string of the molecule is CCNc1nc(NCc2ccncn2)c2ccsc2n1. The van der Waals surface area contributed by atoms with Crippen LogP contribution in [0.2, 0.25) is 0 Å². The van der Waals surface area contributed by atoms with E-state index in [2.05, 4.69) is 30.6 Å². The molecule has 0 aromatic carbocycles. The topological polar surface area (TPSA) is 75.6 Å². The molecule has 2 N–H and O–H groups in total. The van der Waals surface area contributed by atoms with Crippen LogP contribution in [0.1, 0.15) is 12.6 Å². The van der Waals surface area contributed by atoms with Gasteiger partial charge in [0.05, 0.1) is 17.6 Å². The van der Waals surface area contributed by atoms with Crippen molar-refractivity contribution in [3.05, 3.63) is 35.7 Å². The monoisotopic (exact) mass is 286 g/mol. The van der Waals surface area contributed by atoms with Gasteiger partial charge in [-0.05, 0) is 24.4 Å². The summed E-state index contributed by atoms with van der Waals surface area (Å²) in [6.45, 7) is 3.42. The Morgan fingerprint density at radius 2 is 2.15 bits per heavy atom. The molecule has 0 bridgehead atoms. The van der Waals surface area contributed by atoms with E-state index in [1.54, 1.807) is 23.9 Å². The first kappa shape index (κ1) is 12.7. The number of rotatable bonds is 5. The predicted octanol–water partition coefficient (Wildman–Crippen LogP) is 2.53. The number of hydrogen-bond donors (Lipinski definition) is 2. The number of thiophene rings is 1. The van der Waals surface area contributed by atoms with Crippen LogP contribution >= 0.6 is 11.3 Å². The van der Waals surface area contributed by atoms with Crippen molar-refractivity contribution in [3.8, 4) is 0 Å². The molecule has 0 unspecified atom stereocenters. The van der Waals surface area contributed by atoms with Crippen molar-refractivity contribution in [1.82, 2.24) is 19.9 Å². The van der Waals surface area contributed by atoms with Crippen LogP contribution in [0.5, 0.6) is 0 Å². The van der Waals surface area contributed by atoms with Crippen LogP contribution in [0.25, 0.3) is 10.2 Å². The molecule has 102 valence electrons. The van der Waals surface area contributed by atoms with Crippen molar-refractivity contribution < 1.29 is 0 Å². The zero-order chi connectivity index (χ0) is 13.8. The maximum absolute atomic E-state index is 4.51. The summed E-state index contributed by atoms with van der Waals surface area (Å²) in [5.41, 5.74) is 0.923. The fourth-order valence-corrected chi connectivity index (χ4v) is 2.59. The van der Waals surface area contributed by atoms with Crippen molar-refractivity contribution in [2.45, 2.75) is 13.5 Å². The molecule has 6 nitrogen and oxygen atoms in total. The highest BCUT2D eigenvalue weighted by atomic mass is 32.1. The normalized spacial score (nSPS) is 10.7. The molecule has 3 aromatic heterocycles. The van der Waals surface area contributed by atoms with Crippen LogP contribution in [0.3, 0.4) is 0 Å². The molecule has 0 spiro atoms. The Labute approximate surface area is 120 Å². The Hall–Kier alpha value is -2.28. The smallest absolute Gasteiger partial charge is 0.226 e. The molecule has 0 saturated heterocycles. The fourth-order valence-electron chi connectivity index (χ4n) is 1.82. The first-order valence-electron chi connectivity index (χ1n) is 6.34. The summed E-state index contributed by atoms with van der Waals surface area (Å²) in [5, 5.41) is 9.51. The molecule has 3 heterocycles. The van der Waals surface area contributed by atoms with E-state index >= 15 is 0 Å². The van der Waals surface area contributed by atoms with Crippen LogP contribution in [0.15, 0.2) is 30.0 Å². The van der Waals surface area contributed by atoms with Gasteiger partial charge in [-0.2, -0.15) is 4.98 Å². The number of fused-ring (bicyclic) bond motifs is 1. The standard InChI is InChI=1S/C13H14N6S/c1-2-15-13-18-11(10-4-6-20-12(10)19-13)16-7-9-3-5-14-8-17-9/h3-6,8H,2,7H2,1H3,(H2,15,16,18,19). The van der Waals surface area contributed by atoms with Gasteiger partial charge in [0.25, 0.3) is 0 Å². The van der Waals surface area contributed by atoms with E-state index in [9.17, 15) is 0 Å². The molecule has 20 heavy (non-hydrogen) atoms. The summed E-state index contributed by atoms with van der Waals surface area (Å²) in [6, 6.07) is 3.91. The Kier molecular flexibility index (Phi) is 3.69. The highest BCUT2D eigenvalue weighted by Gasteiger charge is 2.08. The zero-order valence-corrected chi connectivity index (χ0v) is 11.8. The van der Waals surface area contributed by atoms with Gasteiger partial charge in [0.2, 0.25) is 5.95 Å². The molecule has 0 atom stereocenters. The van der Waals surface area contributed by atoms with Crippen molar-refractivity contribution in [1.29, 1.82) is 0 Å². The van der Waals surface area contributed by atoms with E-state index in [1.165, 1.54) is 0 Å². The van der Waals surface area contributed by atoms with Gasteiger partial charge in [-0.15, -0.1) is 11.3 Å². The van der Waals surface area contributed by atoms with Crippen molar-refractivity contribution in [2.24, 2.45) is 0 Å². The molecule has 3 rings (SSSR count). The summed E-state index contributed by atoms with van der Waals surface area (Å²) < 4.78 is 0. The molecule has 0 aliphatic rings. The molecular formula is C13H14N6S. The highest BCUT2D eigenvalue weighted by molar-refractivity contribution is 7.16. The Morgan fingerprint density at radius 1 is 1.20 bits per heavy atom. The summed E-state index contributed by atoms with van der Waals surface area (Å²) in [5.74, 6) is 1.47. The van der Waals surface area contributed by atoms with E-state index in [4.69, 9.17) is 0 Å². The molecule has 7 heteroatoms. The maximum atomic E-state index is 4.51. The number of aromatic nitrogens is 4. The predicted molar refractivity (Wildman–Crippen MR) is 80.9 cm³/mol. The first-order chi connectivity index (χ1) is 9.86. The van der Waals surface area contributed by atoms with Crippen molar-refractivity contribution in [3.63, 3.8) is 0 Å². The second-order valence-electron chi connectivity index (χ2n) is 4.12. The van der Waals surface area contributed by atoms with E-state index in [1.807, 2.05) is 24.4 Å². The van der Waals surface area contributed by atoms with E-state index < -0.39 is 0 Å². The van der Waals surface area contributed by atoms with Crippen LogP contribution in [-0.2, 0) is 6.54 Å². The number of hydrogen-bond acceptors (Lipinski definition) is 7. The second kappa shape index (κ2) is 5.79. The lowest BCUT2D eigenvalue weighted by Gasteiger charge is -2.08. The van der Waals surface area contributed by atoms with Crippen molar-refractivity contribution >= 4 is 33.3 Å². The number of anilines is 2. The number of nitrogens with zero attached hydrogens (tertiary/aromatic N) is 4. The Bertz CT molecular complexity index is 696. The third-order valence-electron chi connectivity index (χ3n) is 2.74. The lowest BCUT2D eigenvalue weighted by Crippen LogP contribution is -2.07. The third-order valence-corrected chi connectivity index (χ3v) is 3.55. The largest absolute Gasteiger partial charge is 0.364 e. The minimum Gasteiger partial charge on any atom is -0.364 e. The highest BCUT2D eigenvalue weighted by Crippen LogP contribution is 2.26. The average Bonchev–Trinajstić information content (AvgIpc) is 2.95. The number of nitrogens with one attached hydrogen (secondary N) is 2. The van der Waals surface area contributed by atoms with Gasteiger partial charge in [-0.3, -0.25) is 0 Å². The van der Waals surface area contributed by atoms with Gasteiger partial charge < -0.3 is 10.6 Å². The minimum absolute atomic E-state index is 0.607. The second-order valence-corrected chi connectivity index (χ2v) is 5.01. The molecule has 0 fully saturated rings. The summed E-state index contributed by atoms with van der Waals surface area (Å²) >= 11 is 1.61. The average molecular weight is 286 g/mol. The maximum Gasteiger partial charge on any atom is 0.226 e. The van der Waals surface area contributed by atoms with Gasteiger partial charge in [-0.1, -0.05) is 0 Å². The van der Waals surface area contributed by atoms with Crippen LogP contribution in [-0.4, -0.2) is 26.5 Å². The van der Waals surface area contributed by atoms with E-state index in [0.717, 1.165) is 28.3 Å². The third kappa shape index (κ3) is 2.67. The lowest BCUT2D eigenvalue weighted by molar-refractivity contribution is 0.995. The summed E-state index contributed by atoms with van der Waals surface area (Å²) in [6.07, 6.45) is 3.27. The van der Waals surface area contributed by atoms with Gasteiger partial charge in [0, 0.05) is 12.7 Å². The van der Waals surface area contributed by atoms with Gasteiger partial charge in [-0.25, -0.2) is 15.0 Å².